The van der Waals surface area contributed by atoms with Gasteiger partial charge in [0.2, 0.25) is 6.41 Å². The fourth-order valence-electron chi connectivity index (χ4n) is 1.44. The molecule has 104 valence electrons. The second-order valence-corrected chi connectivity index (χ2v) is 4.37. The SMILES string of the molecule is CCCCN(C)CC#CCN(C=O)CCCOC. The van der Waals surface area contributed by atoms with Crippen molar-refractivity contribution in [3.05, 3.63) is 0 Å². The molecule has 0 aliphatic carbocycles. The molecule has 0 rings (SSSR count). The topological polar surface area (TPSA) is 32.8 Å². The number of hydrogen-bond acceptors (Lipinski definition) is 3. The third kappa shape index (κ3) is 10.1. The smallest absolute Gasteiger partial charge is 0.210 e. The number of amides is 1. The predicted octanol–water partition coefficient (Wildman–Crippen LogP) is 1.22. The first-order valence-electron chi connectivity index (χ1n) is 6.57. The van der Waals surface area contributed by atoms with Gasteiger partial charge in [0, 0.05) is 20.3 Å². The van der Waals surface area contributed by atoms with Gasteiger partial charge in [-0.2, -0.15) is 0 Å². The van der Waals surface area contributed by atoms with Gasteiger partial charge in [-0.15, -0.1) is 0 Å². The molecule has 0 saturated heterocycles. The largest absolute Gasteiger partial charge is 0.385 e. The maximum Gasteiger partial charge on any atom is 0.210 e. The first kappa shape index (κ1) is 16.9. The predicted molar refractivity (Wildman–Crippen MR) is 74.3 cm³/mol. The van der Waals surface area contributed by atoms with E-state index in [2.05, 4.69) is 30.7 Å². The molecule has 4 heteroatoms. The number of carbonyl (C=O) groups is 1. The summed E-state index contributed by atoms with van der Waals surface area (Å²) in [6.07, 6.45) is 4.12. The van der Waals surface area contributed by atoms with Crippen molar-refractivity contribution in [2.45, 2.75) is 26.2 Å². The molecule has 1 amide bonds. The summed E-state index contributed by atoms with van der Waals surface area (Å²) in [4.78, 5) is 14.7. The fourth-order valence-corrected chi connectivity index (χ4v) is 1.44. The molecular weight excluding hydrogens is 228 g/mol. The number of nitrogens with zero attached hydrogens (tertiary/aromatic N) is 2. The highest BCUT2D eigenvalue weighted by Gasteiger charge is 1.98. The number of rotatable bonds is 10. The number of ether oxygens (including phenoxy) is 1. The van der Waals surface area contributed by atoms with Crippen LogP contribution >= 0.6 is 0 Å². The molecule has 0 saturated carbocycles. The summed E-state index contributed by atoms with van der Waals surface area (Å²) in [5.41, 5.74) is 0. The van der Waals surface area contributed by atoms with Crippen LogP contribution in [0.3, 0.4) is 0 Å². The van der Waals surface area contributed by atoms with E-state index < -0.39 is 0 Å². The van der Waals surface area contributed by atoms with Crippen LogP contribution < -0.4 is 0 Å². The maximum atomic E-state index is 10.8. The van der Waals surface area contributed by atoms with Gasteiger partial charge >= 0.3 is 0 Å². The lowest BCUT2D eigenvalue weighted by molar-refractivity contribution is -0.117. The average Bonchev–Trinajstić information content (AvgIpc) is 2.39. The van der Waals surface area contributed by atoms with Gasteiger partial charge < -0.3 is 9.64 Å². The number of hydrogen-bond donors (Lipinski definition) is 0. The molecular formula is C14H26N2O2. The molecule has 0 unspecified atom stereocenters. The van der Waals surface area contributed by atoms with Gasteiger partial charge in [-0.25, -0.2) is 0 Å². The Balaban J connectivity index is 3.73. The molecule has 0 bridgehead atoms. The lowest BCUT2D eigenvalue weighted by Gasteiger charge is -2.14. The van der Waals surface area contributed by atoms with E-state index in [1.54, 1.807) is 12.0 Å². The standard InChI is InChI=1S/C14H26N2O2/c1-4-5-9-15(2)10-6-7-11-16(14-17)12-8-13-18-3/h14H,4-5,8-13H2,1-3H3. The Morgan fingerprint density at radius 3 is 2.50 bits per heavy atom. The zero-order chi connectivity index (χ0) is 13.6. The van der Waals surface area contributed by atoms with Gasteiger partial charge in [-0.1, -0.05) is 25.2 Å². The summed E-state index contributed by atoms with van der Waals surface area (Å²) >= 11 is 0. The molecule has 18 heavy (non-hydrogen) atoms. The van der Waals surface area contributed by atoms with Gasteiger partial charge in [0.15, 0.2) is 0 Å². The first-order valence-corrected chi connectivity index (χ1v) is 6.57. The lowest BCUT2D eigenvalue weighted by Crippen LogP contribution is -2.24. The summed E-state index contributed by atoms with van der Waals surface area (Å²) in [5.74, 6) is 6.13. The van der Waals surface area contributed by atoms with E-state index in [9.17, 15) is 4.79 Å². The molecule has 0 N–H and O–H groups in total. The van der Waals surface area contributed by atoms with Crippen LogP contribution in [-0.2, 0) is 9.53 Å². The van der Waals surface area contributed by atoms with Crippen LogP contribution in [0.15, 0.2) is 0 Å². The highest BCUT2D eigenvalue weighted by molar-refractivity contribution is 5.47. The van der Waals surface area contributed by atoms with Crippen LogP contribution in [0.25, 0.3) is 0 Å². The third-order valence-corrected chi connectivity index (χ3v) is 2.59. The minimum absolute atomic E-state index is 0.509. The minimum Gasteiger partial charge on any atom is -0.385 e. The zero-order valence-electron chi connectivity index (χ0n) is 11.9. The van der Waals surface area contributed by atoms with Crippen LogP contribution in [-0.4, -0.2) is 63.2 Å². The normalized spacial score (nSPS) is 10.0. The maximum absolute atomic E-state index is 10.8. The molecule has 0 radical (unpaired) electrons. The molecule has 0 aromatic rings. The van der Waals surface area contributed by atoms with Crippen LogP contribution in [0.1, 0.15) is 26.2 Å². The molecule has 0 heterocycles. The average molecular weight is 254 g/mol. The van der Waals surface area contributed by atoms with E-state index in [1.165, 1.54) is 12.8 Å². The lowest BCUT2D eigenvalue weighted by atomic mass is 10.3. The van der Waals surface area contributed by atoms with Crippen molar-refractivity contribution in [1.29, 1.82) is 0 Å². The Morgan fingerprint density at radius 2 is 1.89 bits per heavy atom. The van der Waals surface area contributed by atoms with E-state index in [0.29, 0.717) is 19.7 Å². The zero-order valence-corrected chi connectivity index (χ0v) is 11.9. The van der Waals surface area contributed by atoms with Crippen molar-refractivity contribution in [3.63, 3.8) is 0 Å². The van der Waals surface area contributed by atoms with Gasteiger partial charge in [0.05, 0.1) is 13.1 Å². The number of unbranched alkanes of at least 4 members (excludes halogenated alkanes) is 1. The minimum atomic E-state index is 0.509. The summed E-state index contributed by atoms with van der Waals surface area (Å²) in [6, 6.07) is 0. The van der Waals surface area contributed by atoms with Gasteiger partial charge in [-0.05, 0) is 26.4 Å². The molecule has 0 spiro atoms. The van der Waals surface area contributed by atoms with E-state index in [4.69, 9.17) is 4.74 Å². The third-order valence-electron chi connectivity index (χ3n) is 2.59. The molecule has 0 aromatic carbocycles. The molecule has 0 fully saturated rings. The summed E-state index contributed by atoms with van der Waals surface area (Å²) < 4.78 is 4.95. The summed E-state index contributed by atoms with van der Waals surface area (Å²) in [6.45, 7) is 5.92. The fraction of sp³-hybridized carbons (Fsp3) is 0.786. The van der Waals surface area contributed by atoms with Gasteiger partial charge in [-0.3, -0.25) is 9.69 Å². The van der Waals surface area contributed by atoms with Crippen molar-refractivity contribution < 1.29 is 9.53 Å². The van der Waals surface area contributed by atoms with E-state index in [-0.39, 0.29) is 0 Å². The summed E-state index contributed by atoms with van der Waals surface area (Å²) in [7, 11) is 3.73. The molecule has 0 atom stereocenters. The first-order chi connectivity index (χ1) is 8.74. The highest BCUT2D eigenvalue weighted by atomic mass is 16.5. The Kier molecular flexibility index (Phi) is 11.7. The molecule has 0 aliphatic heterocycles. The number of methoxy groups -OCH3 is 1. The van der Waals surface area contributed by atoms with Crippen LogP contribution in [0, 0.1) is 11.8 Å². The van der Waals surface area contributed by atoms with Crippen molar-refractivity contribution >= 4 is 6.41 Å². The Labute approximate surface area is 111 Å². The van der Waals surface area contributed by atoms with Gasteiger partial charge in [0.1, 0.15) is 0 Å². The van der Waals surface area contributed by atoms with E-state index in [1.807, 2.05) is 0 Å². The van der Waals surface area contributed by atoms with Crippen molar-refractivity contribution in [3.8, 4) is 11.8 Å². The van der Waals surface area contributed by atoms with Crippen molar-refractivity contribution in [2.24, 2.45) is 0 Å². The van der Waals surface area contributed by atoms with Crippen molar-refractivity contribution in [2.75, 3.05) is 46.9 Å². The highest BCUT2D eigenvalue weighted by Crippen LogP contribution is 1.90. The van der Waals surface area contributed by atoms with E-state index >= 15 is 0 Å². The monoisotopic (exact) mass is 254 g/mol. The quantitative estimate of drug-likeness (QED) is 0.334. The molecule has 0 aliphatic rings. The summed E-state index contributed by atoms with van der Waals surface area (Å²) in [5, 5.41) is 0. The van der Waals surface area contributed by atoms with Gasteiger partial charge in [0.25, 0.3) is 0 Å². The number of carbonyl (C=O) groups excluding carboxylic acids is 1. The van der Waals surface area contributed by atoms with E-state index in [0.717, 1.165) is 25.9 Å². The van der Waals surface area contributed by atoms with Crippen LogP contribution in [0.5, 0.6) is 0 Å². The molecule has 4 nitrogen and oxygen atoms in total. The Morgan fingerprint density at radius 1 is 1.17 bits per heavy atom. The molecule has 0 aromatic heterocycles. The van der Waals surface area contributed by atoms with Crippen LogP contribution in [0.2, 0.25) is 0 Å². The second kappa shape index (κ2) is 12.4. The Bertz CT molecular complexity index is 258. The van der Waals surface area contributed by atoms with Crippen molar-refractivity contribution in [1.82, 2.24) is 9.80 Å². The Hall–Kier alpha value is -1.05. The second-order valence-electron chi connectivity index (χ2n) is 4.37. The van der Waals surface area contributed by atoms with Crippen LogP contribution in [0.4, 0.5) is 0 Å².